The summed E-state index contributed by atoms with van der Waals surface area (Å²) >= 11 is 0. The predicted molar refractivity (Wildman–Crippen MR) is 64.8 cm³/mol. The number of alkyl halides is 3. The van der Waals surface area contributed by atoms with E-state index in [0.717, 1.165) is 24.0 Å². The molecule has 1 aromatic carbocycles. The third-order valence-electron chi connectivity index (χ3n) is 3.17. The lowest BCUT2D eigenvalue weighted by Gasteiger charge is -2.11. The average molecular weight is 303 g/mol. The number of aryl methyl sites for hydroxylation is 2. The van der Waals surface area contributed by atoms with Crippen molar-refractivity contribution in [3.63, 3.8) is 0 Å². The van der Waals surface area contributed by atoms with Crippen LogP contribution in [0.15, 0.2) is 24.4 Å². The number of rotatable bonds is 2. The van der Waals surface area contributed by atoms with Gasteiger partial charge in [0.2, 0.25) is 0 Å². The average Bonchev–Trinajstić information content (AvgIpc) is 2.76. The Bertz CT molecular complexity index is 789. The first-order valence-electron chi connectivity index (χ1n) is 5.70. The van der Waals surface area contributed by atoms with E-state index < -0.39 is 21.4 Å². The molecule has 0 radical (unpaired) electrons. The SMILES string of the molecule is O=S(=O)(Oc1ccc2c3c(ccnc13)CC2)C(F)(F)F. The minimum absolute atomic E-state index is 0.144. The van der Waals surface area contributed by atoms with E-state index in [1.165, 1.54) is 12.3 Å². The van der Waals surface area contributed by atoms with Crippen molar-refractivity contribution in [3.8, 4) is 5.75 Å². The lowest BCUT2D eigenvalue weighted by atomic mass is 10.1. The molecule has 0 atom stereocenters. The predicted octanol–water partition coefficient (Wildman–Crippen LogP) is 2.56. The van der Waals surface area contributed by atoms with Crippen molar-refractivity contribution in [2.45, 2.75) is 18.3 Å². The monoisotopic (exact) mass is 303 g/mol. The zero-order valence-corrected chi connectivity index (χ0v) is 10.8. The lowest BCUT2D eigenvalue weighted by Crippen LogP contribution is -2.28. The van der Waals surface area contributed by atoms with Crippen LogP contribution in [0.25, 0.3) is 10.9 Å². The zero-order chi connectivity index (χ0) is 14.5. The highest BCUT2D eigenvalue weighted by Crippen LogP contribution is 2.36. The molecule has 0 unspecified atom stereocenters. The fourth-order valence-electron chi connectivity index (χ4n) is 2.30. The van der Waals surface area contributed by atoms with Crippen LogP contribution in [0, 0.1) is 0 Å². The number of hydrogen-bond acceptors (Lipinski definition) is 4. The molecule has 2 aromatic rings. The molecule has 1 aliphatic carbocycles. The summed E-state index contributed by atoms with van der Waals surface area (Å²) in [6.07, 6.45) is 2.94. The molecule has 3 rings (SSSR count). The van der Waals surface area contributed by atoms with Gasteiger partial charge in [-0.25, -0.2) is 0 Å². The Morgan fingerprint density at radius 1 is 1.10 bits per heavy atom. The molecular weight excluding hydrogens is 295 g/mol. The first-order chi connectivity index (χ1) is 9.29. The van der Waals surface area contributed by atoms with Crippen LogP contribution in [0.2, 0.25) is 0 Å². The van der Waals surface area contributed by atoms with Gasteiger partial charge in [-0.1, -0.05) is 6.07 Å². The van der Waals surface area contributed by atoms with Crippen LogP contribution in [-0.4, -0.2) is 18.9 Å². The first kappa shape index (κ1) is 13.2. The van der Waals surface area contributed by atoms with Gasteiger partial charge in [-0.2, -0.15) is 21.6 Å². The van der Waals surface area contributed by atoms with Crippen molar-refractivity contribution in [2.24, 2.45) is 0 Å². The van der Waals surface area contributed by atoms with E-state index in [-0.39, 0.29) is 5.52 Å². The highest BCUT2D eigenvalue weighted by atomic mass is 32.2. The number of nitrogens with zero attached hydrogens (tertiary/aromatic N) is 1. The summed E-state index contributed by atoms with van der Waals surface area (Å²) in [5.74, 6) is -0.398. The normalized spacial score (nSPS) is 14.8. The van der Waals surface area contributed by atoms with E-state index in [9.17, 15) is 21.6 Å². The molecule has 0 amide bonds. The van der Waals surface area contributed by atoms with Crippen molar-refractivity contribution in [1.29, 1.82) is 0 Å². The van der Waals surface area contributed by atoms with Crippen LogP contribution in [-0.2, 0) is 23.0 Å². The molecule has 0 saturated carbocycles. The highest BCUT2D eigenvalue weighted by molar-refractivity contribution is 7.88. The second-order valence-electron chi connectivity index (χ2n) is 4.40. The minimum atomic E-state index is -5.69. The number of aromatic nitrogens is 1. The standard InChI is InChI=1S/C12H8F3NO3S/c13-12(14,15)20(17,18)19-9-4-3-7-1-2-8-5-6-16-11(9)10(7)8/h3-6H,1-2H2. The van der Waals surface area contributed by atoms with Gasteiger partial charge in [-0.3, -0.25) is 4.98 Å². The Morgan fingerprint density at radius 2 is 1.75 bits per heavy atom. The van der Waals surface area contributed by atoms with E-state index in [4.69, 9.17) is 0 Å². The number of pyridine rings is 1. The highest BCUT2D eigenvalue weighted by Gasteiger charge is 2.48. The molecule has 0 fully saturated rings. The second kappa shape index (κ2) is 4.08. The Morgan fingerprint density at radius 3 is 2.40 bits per heavy atom. The number of hydrogen-bond donors (Lipinski definition) is 0. The topological polar surface area (TPSA) is 56.3 Å². The Labute approximate surface area is 112 Å². The summed E-state index contributed by atoms with van der Waals surface area (Å²) in [5.41, 5.74) is -3.46. The van der Waals surface area contributed by atoms with Gasteiger partial charge in [-0.05, 0) is 36.1 Å². The van der Waals surface area contributed by atoms with Crippen LogP contribution >= 0.6 is 0 Å². The number of benzene rings is 1. The summed E-state index contributed by atoms with van der Waals surface area (Å²) in [7, 11) is -5.69. The molecule has 0 aliphatic heterocycles. The van der Waals surface area contributed by atoms with Crippen molar-refractivity contribution < 1.29 is 25.8 Å². The zero-order valence-electron chi connectivity index (χ0n) is 9.94. The largest absolute Gasteiger partial charge is 0.534 e. The summed E-state index contributed by atoms with van der Waals surface area (Å²) in [4.78, 5) is 3.95. The van der Waals surface area contributed by atoms with Crippen LogP contribution in [0.3, 0.4) is 0 Å². The molecule has 106 valence electrons. The molecule has 0 spiro atoms. The van der Waals surface area contributed by atoms with Crippen molar-refractivity contribution in [2.75, 3.05) is 0 Å². The lowest BCUT2D eigenvalue weighted by molar-refractivity contribution is -0.0499. The minimum Gasteiger partial charge on any atom is -0.374 e. The molecule has 4 nitrogen and oxygen atoms in total. The maximum atomic E-state index is 12.4. The first-order valence-corrected chi connectivity index (χ1v) is 7.11. The van der Waals surface area contributed by atoms with Gasteiger partial charge in [0.05, 0.1) is 0 Å². The molecule has 1 heterocycles. The van der Waals surface area contributed by atoms with Crippen LogP contribution < -0.4 is 4.18 Å². The third kappa shape index (κ3) is 1.91. The maximum Gasteiger partial charge on any atom is 0.534 e. The van der Waals surface area contributed by atoms with E-state index in [1.54, 1.807) is 12.1 Å². The Balaban J connectivity index is 2.16. The fraction of sp³-hybridized carbons (Fsp3) is 0.250. The van der Waals surface area contributed by atoms with Gasteiger partial charge in [0.15, 0.2) is 5.75 Å². The molecule has 0 bridgehead atoms. The smallest absolute Gasteiger partial charge is 0.374 e. The molecule has 8 heteroatoms. The molecule has 0 saturated heterocycles. The molecule has 1 aromatic heterocycles. The van der Waals surface area contributed by atoms with E-state index in [2.05, 4.69) is 9.17 Å². The third-order valence-corrected chi connectivity index (χ3v) is 4.14. The summed E-state index contributed by atoms with van der Waals surface area (Å²) < 4.78 is 63.4. The molecule has 0 N–H and O–H groups in total. The Kier molecular flexibility index (Phi) is 2.69. The van der Waals surface area contributed by atoms with Gasteiger partial charge in [0, 0.05) is 11.6 Å². The van der Waals surface area contributed by atoms with Crippen LogP contribution in [0.5, 0.6) is 5.75 Å². The van der Waals surface area contributed by atoms with Gasteiger partial charge in [-0.15, -0.1) is 0 Å². The van der Waals surface area contributed by atoms with Crippen molar-refractivity contribution >= 4 is 21.0 Å². The van der Waals surface area contributed by atoms with E-state index >= 15 is 0 Å². The number of halogens is 3. The van der Waals surface area contributed by atoms with E-state index in [1.807, 2.05) is 0 Å². The quantitative estimate of drug-likeness (QED) is 0.632. The molecule has 1 aliphatic rings. The van der Waals surface area contributed by atoms with Gasteiger partial charge in [0.25, 0.3) is 0 Å². The molecular formula is C12H8F3NO3S. The Hall–Kier alpha value is -1.83. The van der Waals surface area contributed by atoms with Gasteiger partial charge >= 0.3 is 15.6 Å². The van der Waals surface area contributed by atoms with Gasteiger partial charge in [0.1, 0.15) is 5.52 Å². The maximum absolute atomic E-state index is 12.4. The van der Waals surface area contributed by atoms with Crippen LogP contribution in [0.1, 0.15) is 11.1 Å². The van der Waals surface area contributed by atoms with Crippen molar-refractivity contribution in [1.82, 2.24) is 4.98 Å². The fourth-order valence-corrected chi connectivity index (χ4v) is 2.77. The van der Waals surface area contributed by atoms with Crippen molar-refractivity contribution in [3.05, 3.63) is 35.5 Å². The summed E-state index contributed by atoms with van der Waals surface area (Å²) in [5, 5.41) is 0.683. The van der Waals surface area contributed by atoms with E-state index in [0.29, 0.717) is 5.39 Å². The van der Waals surface area contributed by atoms with Gasteiger partial charge < -0.3 is 4.18 Å². The van der Waals surface area contributed by atoms with Crippen LogP contribution in [0.4, 0.5) is 13.2 Å². The summed E-state index contributed by atoms with van der Waals surface area (Å²) in [6, 6.07) is 4.55. The second-order valence-corrected chi connectivity index (χ2v) is 5.94. The summed E-state index contributed by atoms with van der Waals surface area (Å²) in [6.45, 7) is 0. The molecule has 20 heavy (non-hydrogen) atoms.